The predicted molar refractivity (Wildman–Crippen MR) is 65.1 cm³/mol. The zero-order valence-electron chi connectivity index (χ0n) is 10.6. The fourth-order valence-electron chi connectivity index (χ4n) is 3.03. The van der Waals surface area contributed by atoms with Gasteiger partial charge in [-0.1, -0.05) is 20.8 Å². The highest BCUT2D eigenvalue weighted by Gasteiger charge is 2.42. The number of piperazine rings is 1. The van der Waals surface area contributed by atoms with Crippen LogP contribution in [0.25, 0.3) is 0 Å². The van der Waals surface area contributed by atoms with Crippen LogP contribution in [0.2, 0.25) is 0 Å². The molecular formula is C13H26N2. The van der Waals surface area contributed by atoms with Crippen molar-refractivity contribution < 1.29 is 0 Å². The lowest BCUT2D eigenvalue weighted by Gasteiger charge is -2.47. The van der Waals surface area contributed by atoms with Crippen molar-refractivity contribution in [3.8, 4) is 0 Å². The normalized spacial score (nSPS) is 31.8. The van der Waals surface area contributed by atoms with Gasteiger partial charge in [-0.3, -0.25) is 4.90 Å². The second-order valence-corrected chi connectivity index (χ2v) is 5.34. The van der Waals surface area contributed by atoms with Gasteiger partial charge in [-0.2, -0.15) is 0 Å². The zero-order valence-corrected chi connectivity index (χ0v) is 10.6. The van der Waals surface area contributed by atoms with Gasteiger partial charge in [0.15, 0.2) is 0 Å². The summed E-state index contributed by atoms with van der Waals surface area (Å²) >= 11 is 0. The molecule has 0 amide bonds. The molecule has 1 N–H and O–H groups in total. The molecule has 2 rings (SSSR count). The second kappa shape index (κ2) is 4.42. The van der Waals surface area contributed by atoms with Crippen molar-refractivity contribution in [3.63, 3.8) is 0 Å². The maximum atomic E-state index is 3.83. The highest BCUT2D eigenvalue weighted by molar-refractivity contribution is 5.00. The van der Waals surface area contributed by atoms with Crippen molar-refractivity contribution in [2.24, 2.45) is 5.92 Å². The van der Waals surface area contributed by atoms with Gasteiger partial charge in [-0.05, 0) is 38.1 Å². The molecule has 1 aliphatic heterocycles. The van der Waals surface area contributed by atoms with E-state index in [0.717, 1.165) is 12.0 Å². The molecule has 0 spiro atoms. The Labute approximate surface area is 94.4 Å². The number of rotatable bonds is 4. The molecule has 88 valence electrons. The molecule has 1 saturated heterocycles. The molecule has 2 heteroatoms. The van der Waals surface area contributed by atoms with Gasteiger partial charge in [-0.25, -0.2) is 0 Å². The third-order valence-electron chi connectivity index (χ3n) is 4.59. The van der Waals surface area contributed by atoms with Crippen LogP contribution >= 0.6 is 0 Å². The van der Waals surface area contributed by atoms with Gasteiger partial charge in [0, 0.05) is 24.7 Å². The van der Waals surface area contributed by atoms with E-state index in [1.807, 2.05) is 0 Å². The van der Waals surface area contributed by atoms with Gasteiger partial charge in [0.2, 0.25) is 0 Å². The molecule has 2 aliphatic rings. The summed E-state index contributed by atoms with van der Waals surface area (Å²) in [6.45, 7) is 10.7. The van der Waals surface area contributed by atoms with Crippen molar-refractivity contribution >= 4 is 0 Å². The highest BCUT2D eigenvalue weighted by Crippen LogP contribution is 2.37. The van der Waals surface area contributed by atoms with E-state index in [9.17, 15) is 0 Å². The van der Waals surface area contributed by atoms with E-state index in [1.165, 1.54) is 45.3 Å². The Balaban J connectivity index is 2.01. The molecule has 15 heavy (non-hydrogen) atoms. The highest BCUT2D eigenvalue weighted by atomic mass is 15.3. The Kier molecular flexibility index (Phi) is 3.36. The summed E-state index contributed by atoms with van der Waals surface area (Å²) in [5, 5.41) is 3.83. The fraction of sp³-hybridized carbons (Fsp3) is 1.00. The van der Waals surface area contributed by atoms with Crippen molar-refractivity contribution in [3.05, 3.63) is 0 Å². The van der Waals surface area contributed by atoms with E-state index in [4.69, 9.17) is 0 Å². The number of nitrogens with zero attached hydrogens (tertiary/aromatic N) is 1. The Morgan fingerprint density at radius 3 is 2.33 bits per heavy atom. The average Bonchev–Trinajstić information content (AvgIpc) is 3.12. The summed E-state index contributed by atoms with van der Waals surface area (Å²) in [5.74, 6) is 1.00. The minimum atomic E-state index is 0.404. The molecule has 0 radical (unpaired) electrons. The second-order valence-electron chi connectivity index (χ2n) is 5.34. The number of likely N-dealkylation sites (N-methyl/N-ethyl adjacent to an activating group) is 1. The third kappa shape index (κ3) is 2.21. The molecular weight excluding hydrogens is 184 g/mol. The van der Waals surface area contributed by atoms with Crippen LogP contribution in [0.1, 0.15) is 46.5 Å². The summed E-state index contributed by atoms with van der Waals surface area (Å²) in [5.41, 5.74) is 0.404. The van der Waals surface area contributed by atoms with Crippen molar-refractivity contribution in [1.82, 2.24) is 10.2 Å². The van der Waals surface area contributed by atoms with Crippen LogP contribution in [0.5, 0.6) is 0 Å². The van der Waals surface area contributed by atoms with E-state index < -0.39 is 0 Å². The Morgan fingerprint density at radius 2 is 1.87 bits per heavy atom. The molecule has 2 fully saturated rings. The Bertz CT molecular complexity index is 207. The van der Waals surface area contributed by atoms with Crippen LogP contribution in [-0.2, 0) is 0 Å². The molecule has 1 saturated carbocycles. The van der Waals surface area contributed by atoms with Gasteiger partial charge in [0.25, 0.3) is 0 Å². The van der Waals surface area contributed by atoms with Gasteiger partial charge >= 0.3 is 0 Å². The quantitative estimate of drug-likeness (QED) is 0.765. The SMILES string of the molecule is CCN1CC(CC)(CC)NCC1C1CC1. The molecule has 1 aliphatic carbocycles. The first-order valence-corrected chi connectivity index (χ1v) is 6.73. The van der Waals surface area contributed by atoms with Crippen LogP contribution in [0.15, 0.2) is 0 Å². The topological polar surface area (TPSA) is 15.3 Å². The lowest BCUT2D eigenvalue weighted by molar-refractivity contribution is 0.0667. The molecule has 1 unspecified atom stereocenters. The summed E-state index contributed by atoms with van der Waals surface area (Å²) in [4.78, 5) is 2.72. The van der Waals surface area contributed by atoms with Gasteiger partial charge in [0.1, 0.15) is 0 Å². The minimum absolute atomic E-state index is 0.404. The number of nitrogens with one attached hydrogen (secondary N) is 1. The van der Waals surface area contributed by atoms with Crippen molar-refractivity contribution in [1.29, 1.82) is 0 Å². The summed E-state index contributed by atoms with van der Waals surface area (Å²) in [6.07, 6.45) is 5.46. The lowest BCUT2D eigenvalue weighted by Crippen LogP contribution is -2.64. The van der Waals surface area contributed by atoms with Crippen molar-refractivity contribution in [2.75, 3.05) is 19.6 Å². The average molecular weight is 210 g/mol. The lowest BCUT2D eigenvalue weighted by atomic mass is 9.87. The van der Waals surface area contributed by atoms with Crippen LogP contribution < -0.4 is 5.32 Å². The van der Waals surface area contributed by atoms with Crippen molar-refractivity contribution in [2.45, 2.75) is 58.0 Å². The molecule has 0 aromatic rings. The van der Waals surface area contributed by atoms with E-state index >= 15 is 0 Å². The van der Waals surface area contributed by atoms with E-state index in [1.54, 1.807) is 0 Å². The van der Waals surface area contributed by atoms with Crippen LogP contribution in [0.4, 0.5) is 0 Å². The Morgan fingerprint density at radius 1 is 1.20 bits per heavy atom. The van der Waals surface area contributed by atoms with Gasteiger partial charge in [0.05, 0.1) is 0 Å². The minimum Gasteiger partial charge on any atom is -0.308 e. The van der Waals surface area contributed by atoms with Gasteiger partial charge in [-0.15, -0.1) is 0 Å². The standard InChI is InChI=1S/C13H26N2/c1-4-13(5-2)10-15(6-3)12(9-14-13)11-7-8-11/h11-12,14H,4-10H2,1-3H3. The van der Waals surface area contributed by atoms with E-state index in [2.05, 4.69) is 31.0 Å². The van der Waals surface area contributed by atoms with Crippen LogP contribution in [-0.4, -0.2) is 36.1 Å². The molecule has 1 atom stereocenters. The molecule has 1 heterocycles. The third-order valence-corrected chi connectivity index (χ3v) is 4.59. The number of hydrogen-bond donors (Lipinski definition) is 1. The molecule has 0 aromatic heterocycles. The smallest absolute Gasteiger partial charge is 0.0304 e. The maximum Gasteiger partial charge on any atom is 0.0304 e. The fourth-order valence-corrected chi connectivity index (χ4v) is 3.03. The summed E-state index contributed by atoms with van der Waals surface area (Å²) in [7, 11) is 0. The molecule has 0 bridgehead atoms. The van der Waals surface area contributed by atoms with E-state index in [-0.39, 0.29) is 0 Å². The number of hydrogen-bond acceptors (Lipinski definition) is 2. The first kappa shape index (κ1) is 11.4. The predicted octanol–water partition coefficient (Wildman–Crippen LogP) is 2.25. The van der Waals surface area contributed by atoms with Crippen LogP contribution in [0.3, 0.4) is 0 Å². The van der Waals surface area contributed by atoms with E-state index in [0.29, 0.717) is 5.54 Å². The summed E-state index contributed by atoms with van der Waals surface area (Å²) < 4.78 is 0. The molecule has 0 aromatic carbocycles. The van der Waals surface area contributed by atoms with Crippen LogP contribution in [0, 0.1) is 5.92 Å². The van der Waals surface area contributed by atoms with Gasteiger partial charge < -0.3 is 5.32 Å². The molecule has 2 nitrogen and oxygen atoms in total. The summed E-state index contributed by atoms with van der Waals surface area (Å²) in [6, 6.07) is 0.834. The Hall–Kier alpha value is -0.0800. The maximum absolute atomic E-state index is 3.83. The first-order chi connectivity index (χ1) is 7.24. The monoisotopic (exact) mass is 210 g/mol. The largest absolute Gasteiger partial charge is 0.308 e. The first-order valence-electron chi connectivity index (χ1n) is 6.73. The zero-order chi connectivity index (χ0) is 10.9.